The number of nitrogens with one attached hydrogen (secondary N) is 1. The first-order chi connectivity index (χ1) is 11.4. The van der Waals surface area contributed by atoms with Gasteiger partial charge in [0.05, 0.1) is 12.5 Å². The Morgan fingerprint density at radius 1 is 0.786 bits per heavy atom. The zero-order valence-corrected chi connectivity index (χ0v) is 17.7. The summed E-state index contributed by atoms with van der Waals surface area (Å²) in [5.74, 6) is 2.15. The van der Waals surface area contributed by atoms with Crippen LogP contribution in [0.15, 0.2) is 0 Å². The van der Waals surface area contributed by atoms with Crippen molar-refractivity contribution in [3.05, 3.63) is 0 Å². The van der Waals surface area contributed by atoms with Gasteiger partial charge in [-0.2, -0.15) is 20.2 Å². The molecule has 1 aromatic heterocycles. The molecular formula is C16H46ClN11. The Labute approximate surface area is 180 Å². The van der Waals surface area contributed by atoms with Crippen molar-refractivity contribution in [2.45, 2.75) is 44.9 Å². The first kappa shape index (κ1) is 30.7. The molecule has 0 radical (unpaired) electrons. The van der Waals surface area contributed by atoms with E-state index in [1.807, 2.05) is 0 Å². The van der Waals surface area contributed by atoms with Crippen LogP contribution in [-0.2, 0) is 0 Å². The third-order valence-electron chi connectivity index (χ3n) is 4.41. The quantitative estimate of drug-likeness (QED) is 0.417. The normalized spacial score (nSPS) is 15.2. The Bertz CT molecular complexity index is 535. The Morgan fingerprint density at radius 3 is 1.61 bits per heavy atom. The molecule has 0 unspecified atom stereocenters. The number of nitriles is 1. The highest BCUT2D eigenvalue weighted by Gasteiger charge is 2.20. The van der Waals surface area contributed by atoms with E-state index in [4.69, 9.17) is 10.2 Å². The minimum Gasteiger partial charge on any atom is -0.353 e. The molecule has 2 aliphatic heterocycles. The van der Waals surface area contributed by atoms with Gasteiger partial charge in [-0.1, -0.05) is 0 Å². The summed E-state index contributed by atoms with van der Waals surface area (Å²) in [6, 6.07) is 2.14. The van der Waals surface area contributed by atoms with Gasteiger partial charge in [-0.15, -0.1) is 12.4 Å². The highest BCUT2D eigenvalue weighted by molar-refractivity contribution is 5.85. The van der Waals surface area contributed by atoms with Crippen molar-refractivity contribution in [1.82, 2.24) is 39.6 Å². The molecule has 172 valence electrons. The predicted molar refractivity (Wildman–Crippen MR) is 126 cm³/mol. The average molecular weight is 428 g/mol. The van der Waals surface area contributed by atoms with Crippen LogP contribution in [0.2, 0.25) is 0 Å². The Kier molecular flexibility index (Phi) is 17.6. The summed E-state index contributed by atoms with van der Waals surface area (Å²) >= 11 is 0. The monoisotopic (exact) mass is 427 g/mol. The van der Waals surface area contributed by atoms with Crippen LogP contribution in [0.4, 0.5) is 17.8 Å². The second-order valence-corrected chi connectivity index (χ2v) is 6.19. The molecule has 0 spiro atoms. The summed E-state index contributed by atoms with van der Waals surface area (Å²) in [5, 5.41) is 11.9. The van der Waals surface area contributed by atoms with Gasteiger partial charge in [0.1, 0.15) is 0 Å². The van der Waals surface area contributed by atoms with E-state index in [0.717, 1.165) is 38.1 Å². The van der Waals surface area contributed by atoms with E-state index in [0.29, 0.717) is 18.9 Å². The SMILES string of the molecule is Cl.N.N.N.N.N#CCCNc1nc(N2CCCCC2)nc(N2CCCCC2)n1.[HH].[HH].[HH].[HH]. The van der Waals surface area contributed by atoms with Crippen molar-refractivity contribution in [3.8, 4) is 6.07 Å². The van der Waals surface area contributed by atoms with Crippen LogP contribution in [0.3, 0.4) is 0 Å². The minimum absolute atomic E-state index is 0. The second kappa shape index (κ2) is 16.0. The average Bonchev–Trinajstić information content (AvgIpc) is 2.63. The number of hydrogen-bond donors (Lipinski definition) is 5. The Morgan fingerprint density at radius 2 is 1.21 bits per heavy atom. The van der Waals surface area contributed by atoms with Crippen LogP contribution >= 0.6 is 12.4 Å². The van der Waals surface area contributed by atoms with Gasteiger partial charge in [0.2, 0.25) is 17.8 Å². The third kappa shape index (κ3) is 8.37. The molecule has 11 nitrogen and oxygen atoms in total. The number of rotatable bonds is 5. The Balaban J connectivity index is -0.000000139. The van der Waals surface area contributed by atoms with E-state index in [-0.39, 0.29) is 42.7 Å². The molecule has 13 N–H and O–H groups in total. The standard InChI is InChI=1S/C16H25N7.ClH.4H3N.4H2/c17-8-7-9-18-14-19-15(22-10-3-1-4-11-22)21-16(20-14)23-12-5-2-6-13-23;;;;;;;;;/h1-7,9-13H2,(H,18,19,20,21);1H;4*1H3;4*1H. The van der Waals surface area contributed by atoms with Gasteiger partial charge in [0.25, 0.3) is 0 Å². The molecule has 2 saturated heterocycles. The van der Waals surface area contributed by atoms with E-state index >= 15 is 0 Å². The van der Waals surface area contributed by atoms with Crippen LogP contribution in [0.5, 0.6) is 0 Å². The topological polar surface area (TPSA) is 221 Å². The zero-order chi connectivity index (χ0) is 15.9. The van der Waals surface area contributed by atoms with Crippen molar-refractivity contribution in [1.29, 1.82) is 5.26 Å². The van der Waals surface area contributed by atoms with E-state index < -0.39 is 0 Å². The van der Waals surface area contributed by atoms with Crippen molar-refractivity contribution in [2.75, 3.05) is 47.8 Å². The van der Waals surface area contributed by atoms with E-state index in [2.05, 4.69) is 31.2 Å². The maximum atomic E-state index is 8.70. The highest BCUT2D eigenvalue weighted by atomic mass is 35.5. The zero-order valence-electron chi connectivity index (χ0n) is 16.9. The molecule has 0 amide bonds. The van der Waals surface area contributed by atoms with Crippen molar-refractivity contribution in [2.24, 2.45) is 0 Å². The van der Waals surface area contributed by atoms with Crippen LogP contribution in [-0.4, -0.2) is 47.7 Å². The van der Waals surface area contributed by atoms with Gasteiger partial charge >= 0.3 is 0 Å². The number of hydrogen-bond acceptors (Lipinski definition) is 11. The summed E-state index contributed by atoms with van der Waals surface area (Å²) in [6.45, 7) is 4.63. The molecule has 2 aliphatic rings. The lowest BCUT2D eigenvalue weighted by Gasteiger charge is -2.30. The first-order valence-electron chi connectivity index (χ1n) is 8.73. The summed E-state index contributed by atoms with van der Waals surface area (Å²) in [4.78, 5) is 18.4. The van der Waals surface area contributed by atoms with E-state index in [1.54, 1.807) is 0 Å². The molecule has 12 heteroatoms. The summed E-state index contributed by atoms with van der Waals surface area (Å²) in [7, 11) is 0. The smallest absolute Gasteiger partial charge is 0.231 e. The van der Waals surface area contributed by atoms with Crippen molar-refractivity contribution < 1.29 is 5.71 Å². The summed E-state index contributed by atoms with van der Waals surface area (Å²) in [5.41, 5.74) is 0. The molecule has 1 aromatic rings. The van der Waals surface area contributed by atoms with Gasteiger partial charge in [0, 0.05) is 38.4 Å². The maximum absolute atomic E-state index is 8.70. The molecular weight excluding hydrogens is 382 g/mol. The van der Waals surface area contributed by atoms with Gasteiger partial charge in [-0.25, -0.2) is 0 Å². The predicted octanol–water partition coefficient (Wildman–Crippen LogP) is 4.23. The lowest BCUT2D eigenvalue weighted by Crippen LogP contribution is -2.34. The second-order valence-electron chi connectivity index (χ2n) is 6.19. The summed E-state index contributed by atoms with van der Waals surface area (Å²) in [6.07, 6.45) is 7.80. The molecule has 0 aliphatic carbocycles. The molecule has 0 atom stereocenters. The van der Waals surface area contributed by atoms with Gasteiger partial charge in [-0.05, 0) is 38.5 Å². The van der Waals surface area contributed by atoms with Crippen LogP contribution in [0.1, 0.15) is 50.7 Å². The molecule has 3 heterocycles. The lowest BCUT2D eigenvalue weighted by atomic mass is 10.1. The summed E-state index contributed by atoms with van der Waals surface area (Å²) < 4.78 is 0. The van der Waals surface area contributed by atoms with Gasteiger partial charge < -0.3 is 39.7 Å². The van der Waals surface area contributed by atoms with Crippen LogP contribution in [0, 0.1) is 11.3 Å². The highest BCUT2D eigenvalue weighted by Crippen LogP contribution is 2.22. The van der Waals surface area contributed by atoms with Gasteiger partial charge in [0.15, 0.2) is 0 Å². The number of aromatic nitrogens is 3. The maximum Gasteiger partial charge on any atom is 0.231 e. The largest absolute Gasteiger partial charge is 0.353 e. The number of nitrogens with zero attached hydrogens (tertiary/aromatic N) is 6. The fourth-order valence-electron chi connectivity index (χ4n) is 3.13. The third-order valence-corrected chi connectivity index (χ3v) is 4.41. The van der Waals surface area contributed by atoms with Crippen LogP contribution < -0.4 is 39.7 Å². The van der Waals surface area contributed by atoms with Crippen molar-refractivity contribution in [3.63, 3.8) is 0 Å². The number of piperidine rings is 2. The minimum atomic E-state index is 0. The molecule has 0 aromatic carbocycles. The molecule has 0 bridgehead atoms. The van der Waals surface area contributed by atoms with Crippen molar-refractivity contribution >= 4 is 30.3 Å². The van der Waals surface area contributed by atoms with Gasteiger partial charge in [-0.3, -0.25) is 0 Å². The number of anilines is 3. The number of halogens is 1. The fraction of sp³-hybridized carbons (Fsp3) is 0.750. The molecule has 2 fully saturated rings. The molecule has 3 rings (SSSR count). The Hall–Kier alpha value is -1.97. The van der Waals surface area contributed by atoms with E-state index in [1.165, 1.54) is 38.5 Å². The fourth-order valence-corrected chi connectivity index (χ4v) is 3.13. The first-order valence-corrected chi connectivity index (χ1v) is 8.73. The molecule has 28 heavy (non-hydrogen) atoms. The molecule has 0 saturated carbocycles. The van der Waals surface area contributed by atoms with Crippen LogP contribution in [0.25, 0.3) is 0 Å². The lowest BCUT2D eigenvalue weighted by molar-refractivity contribution is 0.556. The van der Waals surface area contributed by atoms with E-state index in [9.17, 15) is 0 Å².